The van der Waals surface area contributed by atoms with Gasteiger partial charge in [0, 0.05) is 0 Å². The number of hydrogen-bond donors (Lipinski definition) is 1. The molecule has 0 atom stereocenters. The number of hydrogen-bond acceptors (Lipinski definition) is 3. The highest BCUT2D eigenvalue weighted by Gasteiger charge is 2.12. The van der Waals surface area contributed by atoms with Crippen molar-refractivity contribution in [3.05, 3.63) is 42.2 Å². The van der Waals surface area contributed by atoms with Crippen LogP contribution >= 0.6 is 0 Å². The van der Waals surface area contributed by atoms with Crippen molar-refractivity contribution in [2.24, 2.45) is 0 Å². The summed E-state index contributed by atoms with van der Waals surface area (Å²) in [4.78, 5) is 10.9. The monoisotopic (exact) mass is 207 g/mol. The number of halogens is 1. The molecule has 0 aliphatic heterocycles. The highest BCUT2D eigenvalue weighted by Crippen LogP contribution is 2.15. The van der Waals surface area contributed by atoms with Crippen LogP contribution in [-0.4, -0.2) is 25.8 Å². The van der Waals surface area contributed by atoms with E-state index in [-0.39, 0.29) is 11.3 Å². The molecule has 0 amide bonds. The van der Waals surface area contributed by atoms with Crippen molar-refractivity contribution in [3.8, 4) is 5.69 Å². The Bertz CT molecular complexity index is 496. The van der Waals surface area contributed by atoms with E-state index in [1.54, 1.807) is 0 Å². The van der Waals surface area contributed by atoms with Gasteiger partial charge < -0.3 is 5.11 Å². The van der Waals surface area contributed by atoms with E-state index in [4.69, 9.17) is 5.11 Å². The van der Waals surface area contributed by atoms with E-state index in [0.29, 0.717) is 0 Å². The van der Waals surface area contributed by atoms with E-state index in [2.05, 4.69) is 10.2 Å². The number of benzene rings is 1. The molecule has 2 rings (SSSR count). The largest absolute Gasteiger partial charge is 0.478 e. The smallest absolute Gasteiger partial charge is 0.337 e. The van der Waals surface area contributed by atoms with Gasteiger partial charge in [-0.25, -0.2) is 9.18 Å². The molecule has 0 aliphatic carbocycles. The number of carbonyl (C=O) groups is 1. The summed E-state index contributed by atoms with van der Waals surface area (Å²) in [6.45, 7) is 0. The van der Waals surface area contributed by atoms with Crippen LogP contribution in [0.5, 0.6) is 0 Å². The molecule has 0 radical (unpaired) electrons. The first-order valence-electron chi connectivity index (χ1n) is 4.06. The fourth-order valence-electron chi connectivity index (χ4n) is 1.22. The zero-order valence-corrected chi connectivity index (χ0v) is 7.46. The average molecular weight is 207 g/mol. The predicted molar refractivity (Wildman–Crippen MR) is 48.3 cm³/mol. The Morgan fingerprint density at radius 3 is 2.60 bits per heavy atom. The maximum Gasteiger partial charge on any atom is 0.337 e. The lowest BCUT2D eigenvalue weighted by Crippen LogP contribution is -2.04. The molecule has 1 aromatic heterocycles. The molecule has 0 spiro atoms. The third-order valence-electron chi connectivity index (χ3n) is 1.89. The van der Waals surface area contributed by atoms with Gasteiger partial charge in [0.05, 0.1) is 11.3 Å². The van der Waals surface area contributed by atoms with E-state index >= 15 is 0 Å². The Labute approximate surface area is 83.8 Å². The maximum atomic E-state index is 13.0. The molecule has 76 valence electrons. The predicted octanol–water partition coefficient (Wildman–Crippen LogP) is 1.10. The molecule has 0 fully saturated rings. The van der Waals surface area contributed by atoms with Gasteiger partial charge in [0.15, 0.2) is 0 Å². The van der Waals surface area contributed by atoms with Crippen molar-refractivity contribution >= 4 is 5.97 Å². The van der Waals surface area contributed by atoms with Gasteiger partial charge in [-0.3, -0.25) is 4.57 Å². The Hall–Kier alpha value is -2.24. The van der Waals surface area contributed by atoms with Crippen LogP contribution in [0.3, 0.4) is 0 Å². The Morgan fingerprint density at radius 1 is 1.33 bits per heavy atom. The molecule has 1 aromatic carbocycles. The SMILES string of the molecule is O=C(O)c1ccc(F)cc1-n1cnnc1. The summed E-state index contributed by atoms with van der Waals surface area (Å²) in [5.74, 6) is -1.64. The van der Waals surface area contributed by atoms with Crippen molar-refractivity contribution in [1.29, 1.82) is 0 Å². The van der Waals surface area contributed by atoms with Crippen LogP contribution in [0, 0.1) is 5.82 Å². The first-order valence-corrected chi connectivity index (χ1v) is 4.06. The van der Waals surface area contributed by atoms with Crippen LogP contribution in [0.2, 0.25) is 0 Å². The average Bonchev–Trinajstić information content (AvgIpc) is 2.69. The van der Waals surface area contributed by atoms with Crippen LogP contribution < -0.4 is 0 Å². The van der Waals surface area contributed by atoms with Gasteiger partial charge in [-0.15, -0.1) is 10.2 Å². The minimum Gasteiger partial charge on any atom is -0.478 e. The summed E-state index contributed by atoms with van der Waals surface area (Å²) in [5, 5.41) is 15.9. The molecular formula is C9H6FN3O2. The van der Waals surface area contributed by atoms with Crippen molar-refractivity contribution < 1.29 is 14.3 Å². The second-order valence-electron chi connectivity index (χ2n) is 2.84. The molecule has 0 unspecified atom stereocenters. The van der Waals surface area contributed by atoms with Gasteiger partial charge in [-0.1, -0.05) is 0 Å². The highest BCUT2D eigenvalue weighted by molar-refractivity contribution is 5.91. The van der Waals surface area contributed by atoms with Crippen molar-refractivity contribution in [2.45, 2.75) is 0 Å². The normalized spacial score (nSPS) is 10.2. The first-order chi connectivity index (χ1) is 7.18. The number of aromatic carboxylic acids is 1. The fourth-order valence-corrected chi connectivity index (χ4v) is 1.22. The molecular weight excluding hydrogens is 201 g/mol. The second-order valence-corrected chi connectivity index (χ2v) is 2.84. The highest BCUT2D eigenvalue weighted by atomic mass is 19.1. The Balaban J connectivity index is 2.63. The zero-order chi connectivity index (χ0) is 10.8. The van der Waals surface area contributed by atoms with Crippen LogP contribution in [0.4, 0.5) is 4.39 Å². The summed E-state index contributed by atoms with van der Waals surface area (Å²) in [6, 6.07) is 3.41. The summed E-state index contributed by atoms with van der Waals surface area (Å²) >= 11 is 0. The number of carboxylic acids is 1. The van der Waals surface area contributed by atoms with Gasteiger partial charge in [0.1, 0.15) is 18.5 Å². The molecule has 1 heterocycles. The first kappa shape index (κ1) is 9.32. The number of nitrogens with zero attached hydrogens (tertiary/aromatic N) is 3. The minimum atomic E-state index is -1.13. The summed E-state index contributed by atoms with van der Waals surface area (Å²) < 4.78 is 14.3. The topological polar surface area (TPSA) is 68.0 Å². The molecule has 0 bridgehead atoms. The summed E-state index contributed by atoms with van der Waals surface area (Å²) in [7, 11) is 0. The van der Waals surface area contributed by atoms with Crippen LogP contribution in [0.15, 0.2) is 30.9 Å². The zero-order valence-electron chi connectivity index (χ0n) is 7.46. The molecule has 1 N–H and O–H groups in total. The van der Waals surface area contributed by atoms with Crippen molar-refractivity contribution in [2.75, 3.05) is 0 Å². The number of rotatable bonds is 2. The van der Waals surface area contributed by atoms with Crippen molar-refractivity contribution in [3.63, 3.8) is 0 Å². The third kappa shape index (κ3) is 1.69. The van der Waals surface area contributed by atoms with Crippen molar-refractivity contribution in [1.82, 2.24) is 14.8 Å². The third-order valence-corrected chi connectivity index (χ3v) is 1.89. The molecule has 0 aliphatic rings. The lowest BCUT2D eigenvalue weighted by Gasteiger charge is -2.05. The minimum absolute atomic E-state index is 0.00352. The maximum absolute atomic E-state index is 13.0. The molecule has 5 nitrogen and oxygen atoms in total. The standard InChI is InChI=1S/C9H6FN3O2/c10-6-1-2-7(9(14)15)8(3-6)13-4-11-12-5-13/h1-5H,(H,14,15). The van der Waals surface area contributed by atoms with Gasteiger partial charge in [-0.05, 0) is 18.2 Å². The summed E-state index contributed by atoms with van der Waals surface area (Å²) in [6.07, 6.45) is 2.61. The van der Waals surface area contributed by atoms with E-state index in [1.807, 2.05) is 0 Å². The van der Waals surface area contributed by atoms with E-state index in [1.165, 1.54) is 23.3 Å². The van der Waals surface area contributed by atoms with Gasteiger partial charge in [0.2, 0.25) is 0 Å². The van der Waals surface area contributed by atoms with Crippen LogP contribution in [-0.2, 0) is 0 Å². The fraction of sp³-hybridized carbons (Fsp3) is 0. The van der Waals surface area contributed by atoms with E-state index < -0.39 is 11.8 Å². The molecule has 15 heavy (non-hydrogen) atoms. The molecule has 6 heteroatoms. The summed E-state index contributed by atoms with van der Waals surface area (Å²) in [5.41, 5.74) is 0.198. The van der Waals surface area contributed by atoms with Crippen LogP contribution in [0.1, 0.15) is 10.4 Å². The second kappa shape index (κ2) is 3.49. The lowest BCUT2D eigenvalue weighted by molar-refractivity contribution is 0.0697. The molecule has 2 aromatic rings. The van der Waals surface area contributed by atoms with Gasteiger partial charge in [-0.2, -0.15) is 0 Å². The van der Waals surface area contributed by atoms with Gasteiger partial charge >= 0.3 is 5.97 Å². The van der Waals surface area contributed by atoms with Gasteiger partial charge in [0.25, 0.3) is 0 Å². The Kier molecular flexibility index (Phi) is 2.17. The number of carboxylic acid groups (broad SMARTS) is 1. The quantitative estimate of drug-likeness (QED) is 0.800. The molecule has 0 saturated carbocycles. The lowest BCUT2D eigenvalue weighted by atomic mass is 10.1. The van der Waals surface area contributed by atoms with E-state index in [0.717, 1.165) is 12.1 Å². The van der Waals surface area contributed by atoms with Crippen LogP contribution in [0.25, 0.3) is 5.69 Å². The van der Waals surface area contributed by atoms with E-state index in [9.17, 15) is 9.18 Å². The number of aromatic nitrogens is 3. The molecule has 0 saturated heterocycles. The Morgan fingerprint density at radius 2 is 2.00 bits per heavy atom.